The summed E-state index contributed by atoms with van der Waals surface area (Å²) in [5.41, 5.74) is 4.48. The second-order valence-electron chi connectivity index (χ2n) is 7.85. The molecule has 0 bridgehead atoms. The van der Waals surface area contributed by atoms with Gasteiger partial charge in [-0.25, -0.2) is 9.50 Å². The first kappa shape index (κ1) is 17.8. The Morgan fingerprint density at radius 2 is 2.17 bits per heavy atom. The number of nitrogens with one attached hydrogen (secondary N) is 1. The highest BCUT2D eigenvalue weighted by atomic mass is 31.0. The van der Waals surface area contributed by atoms with Crippen molar-refractivity contribution in [3.05, 3.63) is 59.5 Å². The molecule has 4 aromatic heterocycles. The van der Waals surface area contributed by atoms with Crippen molar-refractivity contribution in [3.8, 4) is 0 Å². The predicted octanol–water partition coefficient (Wildman–Crippen LogP) is 2.00. The van der Waals surface area contributed by atoms with Gasteiger partial charge >= 0.3 is 11.8 Å². The van der Waals surface area contributed by atoms with E-state index in [-0.39, 0.29) is 17.7 Å². The van der Waals surface area contributed by atoms with Crippen LogP contribution in [0.1, 0.15) is 64.9 Å². The number of nitrogens with zero attached hydrogens (tertiary/aromatic N) is 6. The Morgan fingerprint density at radius 1 is 1.27 bits per heavy atom. The number of rotatable bonds is 3. The molecule has 30 heavy (non-hydrogen) atoms. The van der Waals surface area contributed by atoms with Crippen LogP contribution in [-0.2, 0) is 6.42 Å². The molecule has 10 heteroatoms. The Morgan fingerprint density at radius 3 is 2.97 bits per heavy atom. The molecule has 6 rings (SSSR count). The molecule has 0 aromatic carbocycles. The van der Waals surface area contributed by atoms with Gasteiger partial charge in [0.15, 0.2) is 0 Å². The van der Waals surface area contributed by atoms with E-state index in [9.17, 15) is 4.79 Å². The number of hydrogen-bond donors (Lipinski definition) is 1. The van der Waals surface area contributed by atoms with Crippen LogP contribution in [0.3, 0.4) is 0 Å². The van der Waals surface area contributed by atoms with Gasteiger partial charge in [-0.3, -0.25) is 4.79 Å². The molecule has 1 aliphatic carbocycles. The van der Waals surface area contributed by atoms with Crippen molar-refractivity contribution in [2.24, 2.45) is 0 Å². The number of fused-ring (bicyclic) bond motifs is 2. The quantitative estimate of drug-likeness (QED) is 0.508. The van der Waals surface area contributed by atoms with Gasteiger partial charge < -0.3 is 14.3 Å². The SMILES string of the molecule is O=C(c1nnc(C2CCC2)o1)N1CCc2[nH]cnc2[C@H]1c1cc2cccc(P)n2n1. The van der Waals surface area contributed by atoms with Crippen molar-refractivity contribution in [1.29, 1.82) is 0 Å². The van der Waals surface area contributed by atoms with Gasteiger partial charge in [-0.1, -0.05) is 21.7 Å². The zero-order valence-electron chi connectivity index (χ0n) is 16.2. The summed E-state index contributed by atoms with van der Waals surface area (Å²) in [5, 5.41) is 13.0. The highest BCUT2D eigenvalue weighted by molar-refractivity contribution is 7.27. The van der Waals surface area contributed by atoms with E-state index in [4.69, 9.17) is 9.52 Å². The van der Waals surface area contributed by atoms with Crippen LogP contribution in [0, 0.1) is 0 Å². The third-order valence-electron chi connectivity index (χ3n) is 6.08. The fourth-order valence-corrected chi connectivity index (χ4v) is 4.57. The van der Waals surface area contributed by atoms with Gasteiger partial charge in [-0.2, -0.15) is 5.10 Å². The minimum atomic E-state index is -0.421. The van der Waals surface area contributed by atoms with Crippen LogP contribution in [-0.4, -0.2) is 47.1 Å². The summed E-state index contributed by atoms with van der Waals surface area (Å²) in [6.07, 6.45) is 5.60. The summed E-state index contributed by atoms with van der Waals surface area (Å²) in [7, 11) is 2.69. The second-order valence-corrected chi connectivity index (χ2v) is 8.44. The zero-order chi connectivity index (χ0) is 20.2. The number of aromatic nitrogens is 6. The molecule has 0 saturated heterocycles. The normalized spacial score (nSPS) is 19.1. The summed E-state index contributed by atoms with van der Waals surface area (Å²) in [6.45, 7) is 0.515. The van der Waals surface area contributed by atoms with Gasteiger partial charge in [0.2, 0.25) is 5.89 Å². The molecule has 1 fully saturated rings. The molecule has 9 nitrogen and oxygen atoms in total. The second kappa shape index (κ2) is 6.74. The van der Waals surface area contributed by atoms with Gasteiger partial charge in [-0.15, -0.1) is 10.2 Å². The number of imidazole rings is 1. The number of carbonyl (C=O) groups excluding carboxylic acids is 1. The fourth-order valence-electron chi connectivity index (χ4n) is 4.25. The Labute approximate surface area is 174 Å². The fraction of sp³-hybridized carbons (Fsp3) is 0.350. The van der Waals surface area contributed by atoms with Gasteiger partial charge in [0.1, 0.15) is 6.04 Å². The van der Waals surface area contributed by atoms with Gasteiger partial charge in [-0.05, 0) is 31.0 Å². The van der Waals surface area contributed by atoms with E-state index in [0.717, 1.165) is 47.3 Å². The van der Waals surface area contributed by atoms with Crippen LogP contribution in [0.15, 0.2) is 35.0 Å². The Balaban J connectivity index is 1.41. The van der Waals surface area contributed by atoms with Crippen LogP contribution in [0.5, 0.6) is 0 Å². The summed E-state index contributed by atoms with van der Waals surface area (Å²) in [6, 6.07) is 7.52. The molecule has 152 valence electrons. The average Bonchev–Trinajstić information content (AvgIpc) is 3.44. The Bertz CT molecular complexity index is 1260. The number of pyridine rings is 1. The summed E-state index contributed by atoms with van der Waals surface area (Å²) in [4.78, 5) is 22.8. The molecule has 0 spiro atoms. The van der Waals surface area contributed by atoms with Crippen molar-refractivity contribution in [1.82, 2.24) is 34.7 Å². The number of aromatic amines is 1. The lowest BCUT2D eigenvalue weighted by Crippen LogP contribution is -2.41. The lowest BCUT2D eigenvalue weighted by Gasteiger charge is -2.32. The van der Waals surface area contributed by atoms with E-state index in [1.54, 1.807) is 11.2 Å². The summed E-state index contributed by atoms with van der Waals surface area (Å²) < 4.78 is 7.62. The molecular formula is C20H20N7O2P. The molecule has 2 atom stereocenters. The van der Waals surface area contributed by atoms with Crippen LogP contribution >= 0.6 is 9.24 Å². The molecule has 4 aromatic rings. The third-order valence-corrected chi connectivity index (χ3v) is 6.52. The van der Waals surface area contributed by atoms with Crippen LogP contribution in [0.2, 0.25) is 0 Å². The topological polar surface area (TPSA) is 105 Å². The van der Waals surface area contributed by atoms with Crippen molar-refractivity contribution >= 4 is 26.1 Å². The van der Waals surface area contributed by atoms with E-state index in [1.165, 1.54) is 0 Å². The Kier molecular flexibility index (Phi) is 3.99. The maximum Gasteiger partial charge on any atom is 0.312 e. The molecule has 0 radical (unpaired) electrons. The highest BCUT2D eigenvalue weighted by Gasteiger charge is 2.38. The summed E-state index contributed by atoms with van der Waals surface area (Å²) >= 11 is 0. The maximum atomic E-state index is 13.4. The first-order valence-electron chi connectivity index (χ1n) is 10.1. The van der Waals surface area contributed by atoms with Gasteiger partial charge in [0, 0.05) is 24.6 Å². The Hall–Kier alpha value is -3.06. The number of H-pyrrole nitrogens is 1. The number of carbonyl (C=O) groups is 1. The van der Waals surface area contributed by atoms with E-state index in [2.05, 4.69) is 29.4 Å². The summed E-state index contributed by atoms with van der Waals surface area (Å²) in [5.74, 6) is 0.610. The van der Waals surface area contributed by atoms with E-state index in [0.29, 0.717) is 18.9 Å². The van der Waals surface area contributed by atoms with E-state index in [1.807, 2.05) is 28.8 Å². The molecule has 5 heterocycles. The average molecular weight is 421 g/mol. The first-order valence-corrected chi connectivity index (χ1v) is 10.7. The molecule has 1 saturated carbocycles. The van der Waals surface area contributed by atoms with Crippen molar-refractivity contribution < 1.29 is 9.21 Å². The van der Waals surface area contributed by atoms with Crippen LogP contribution < -0.4 is 5.44 Å². The largest absolute Gasteiger partial charge is 0.417 e. The highest BCUT2D eigenvalue weighted by Crippen LogP contribution is 2.37. The minimum absolute atomic E-state index is 0.0383. The van der Waals surface area contributed by atoms with Crippen molar-refractivity contribution in [2.75, 3.05) is 6.54 Å². The van der Waals surface area contributed by atoms with Gasteiger partial charge in [0.05, 0.1) is 28.7 Å². The maximum absolute atomic E-state index is 13.4. The molecular weight excluding hydrogens is 401 g/mol. The molecule has 1 N–H and O–H groups in total. The predicted molar refractivity (Wildman–Crippen MR) is 111 cm³/mol. The minimum Gasteiger partial charge on any atom is -0.417 e. The number of hydrogen-bond acceptors (Lipinski definition) is 6. The van der Waals surface area contributed by atoms with Crippen LogP contribution in [0.4, 0.5) is 0 Å². The van der Waals surface area contributed by atoms with E-state index < -0.39 is 6.04 Å². The monoisotopic (exact) mass is 421 g/mol. The van der Waals surface area contributed by atoms with Crippen molar-refractivity contribution in [3.63, 3.8) is 0 Å². The lowest BCUT2D eigenvalue weighted by atomic mass is 9.85. The van der Waals surface area contributed by atoms with Crippen molar-refractivity contribution in [2.45, 2.75) is 37.6 Å². The van der Waals surface area contributed by atoms with Crippen LogP contribution in [0.25, 0.3) is 5.52 Å². The van der Waals surface area contributed by atoms with E-state index >= 15 is 0 Å². The third kappa shape index (κ3) is 2.69. The molecule has 1 unspecified atom stereocenters. The smallest absolute Gasteiger partial charge is 0.312 e. The molecule has 2 aliphatic rings. The lowest BCUT2D eigenvalue weighted by molar-refractivity contribution is 0.0642. The van der Waals surface area contributed by atoms with Gasteiger partial charge in [0.25, 0.3) is 0 Å². The zero-order valence-corrected chi connectivity index (χ0v) is 17.3. The molecule has 1 amide bonds. The first-order chi connectivity index (χ1) is 14.7. The standard InChI is InChI=1S/C20H20N7O2P/c28-20(19-24-23-18(29-19)11-3-1-4-11)26-8-7-13-16(22-10-21-13)17(26)14-9-12-5-2-6-15(30)27(12)25-14/h2,5-6,9-11,17H,1,3-4,7-8,30H2,(H,21,22)/t17-/m1/s1. The number of amides is 1. The molecule has 1 aliphatic heterocycles.